The zero-order valence-electron chi connectivity index (χ0n) is 9.30. The number of benzene rings is 2. The summed E-state index contributed by atoms with van der Waals surface area (Å²) in [5, 5.41) is 4.14. The van der Waals surface area contributed by atoms with E-state index < -0.39 is 0 Å². The van der Waals surface area contributed by atoms with E-state index in [1.165, 1.54) is 16.7 Å². The number of hydrazone groups is 1. The van der Waals surface area contributed by atoms with Gasteiger partial charge in [-0.3, -0.25) is 5.43 Å². The predicted molar refractivity (Wildman–Crippen MR) is 72.1 cm³/mol. The Kier molecular flexibility index (Phi) is 2.47. The van der Waals surface area contributed by atoms with Crippen LogP contribution in [-0.2, 0) is 0 Å². The number of fused-ring (bicyclic) bond motifs is 1. The number of nitrogens with one attached hydrogen (secondary N) is 1. The smallest absolute Gasteiger partial charge is 0.0640 e. The topological polar surface area (TPSA) is 24.4 Å². The first-order valence-electron chi connectivity index (χ1n) is 5.59. The van der Waals surface area contributed by atoms with Crippen molar-refractivity contribution < 1.29 is 0 Å². The third-order valence-corrected chi connectivity index (χ3v) is 2.80. The molecule has 0 aliphatic carbocycles. The monoisotopic (exact) mass is 220 g/mol. The summed E-state index contributed by atoms with van der Waals surface area (Å²) in [7, 11) is 0. The van der Waals surface area contributed by atoms with Crippen molar-refractivity contribution in [3.63, 3.8) is 0 Å². The van der Waals surface area contributed by atoms with Crippen molar-refractivity contribution in [3.8, 4) is 0 Å². The minimum absolute atomic E-state index is 1.04. The minimum Gasteiger partial charge on any atom is -0.278 e. The SMILES string of the molecule is C1=NNc2ccccc2C(c2ccccc2)=C1. The van der Waals surface area contributed by atoms with Gasteiger partial charge in [-0.15, -0.1) is 0 Å². The van der Waals surface area contributed by atoms with Crippen molar-refractivity contribution in [2.75, 3.05) is 5.43 Å². The molecule has 1 aliphatic heterocycles. The minimum atomic E-state index is 1.04. The van der Waals surface area contributed by atoms with E-state index >= 15 is 0 Å². The van der Waals surface area contributed by atoms with Crippen molar-refractivity contribution in [2.45, 2.75) is 0 Å². The summed E-state index contributed by atoms with van der Waals surface area (Å²) in [5.74, 6) is 0. The molecule has 2 nitrogen and oxygen atoms in total. The lowest BCUT2D eigenvalue weighted by atomic mass is 9.96. The van der Waals surface area contributed by atoms with Gasteiger partial charge in [-0.1, -0.05) is 48.5 Å². The molecule has 0 saturated heterocycles. The molecule has 1 heterocycles. The number of rotatable bonds is 1. The van der Waals surface area contributed by atoms with Gasteiger partial charge in [0, 0.05) is 11.8 Å². The molecule has 0 aromatic heterocycles. The molecule has 0 bridgehead atoms. The number of nitrogens with zero attached hydrogens (tertiary/aromatic N) is 1. The van der Waals surface area contributed by atoms with Gasteiger partial charge >= 0.3 is 0 Å². The van der Waals surface area contributed by atoms with E-state index in [-0.39, 0.29) is 0 Å². The van der Waals surface area contributed by atoms with Crippen LogP contribution in [0.25, 0.3) is 5.57 Å². The molecule has 1 N–H and O–H groups in total. The largest absolute Gasteiger partial charge is 0.278 e. The van der Waals surface area contributed by atoms with E-state index in [4.69, 9.17) is 0 Å². The highest BCUT2D eigenvalue weighted by molar-refractivity contribution is 5.96. The molecule has 17 heavy (non-hydrogen) atoms. The fraction of sp³-hybridized carbons (Fsp3) is 0. The Morgan fingerprint density at radius 2 is 1.59 bits per heavy atom. The number of anilines is 1. The molecule has 0 unspecified atom stereocenters. The Morgan fingerprint density at radius 1 is 0.824 bits per heavy atom. The standard InChI is InChI=1S/C15H12N2/c1-2-6-12(7-3-1)13-10-11-16-17-15-9-5-4-8-14(13)15/h1-11,17H. The van der Waals surface area contributed by atoms with Gasteiger partial charge in [-0.05, 0) is 23.3 Å². The molecular formula is C15H12N2. The predicted octanol–water partition coefficient (Wildman–Crippen LogP) is 3.53. The van der Waals surface area contributed by atoms with Gasteiger partial charge in [-0.2, -0.15) is 5.10 Å². The maximum absolute atomic E-state index is 4.14. The summed E-state index contributed by atoms with van der Waals surface area (Å²) in [6.45, 7) is 0. The van der Waals surface area contributed by atoms with Crippen LogP contribution < -0.4 is 5.43 Å². The maximum atomic E-state index is 4.14. The van der Waals surface area contributed by atoms with E-state index in [0.29, 0.717) is 0 Å². The molecule has 2 aromatic rings. The molecule has 2 aromatic carbocycles. The Labute approximate surface area is 100 Å². The number of hydrogen-bond donors (Lipinski definition) is 1. The Hall–Kier alpha value is -2.35. The summed E-state index contributed by atoms with van der Waals surface area (Å²) < 4.78 is 0. The van der Waals surface area contributed by atoms with Crippen LogP contribution >= 0.6 is 0 Å². The summed E-state index contributed by atoms with van der Waals surface area (Å²) in [6, 6.07) is 18.5. The second-order valence-electron chi connectivity index (χ2n) is 3.88. The number of para-hydroxylation sites is 1. The van der Waals surface area contributed by atoms with Crippen molar-refractivity contribution in [2.24, 2.45) is 5.10 Å². The van der Waals surface area contributed by atoms with Crippen molar-refractivity contribution in [3.05, 3.63) is 71.8 Å². The summed E-state index contributed by atoms with van der Waals surface area (Å²) in [6.07, 6.45) is 3.83. The zero-order valence-corrected chi connectivity index (χ0v) is 9.30. The van der Waals surface area contributed by atoms with Crippen LogP contribution in [0.2, 0.25) is 0 Å². The van der Waals surface area contributed by atoms with Gasteiger partial charge < -0.3 is 0 Å². The van der Waals surface area contributed by atoms with E-state index in [0.717, 1.165) is 5.69 Å². The van der Waals surface area contributed by atoms with Crippen LogP contribution in [0.5, 0.6) is 0 Å². The normalized spacial score (nSPS) is 13.3. The van der Waals surface area contributed by atoms with Gasteiger partial charge in [0.2, 0.25) is 0 Å². The molecule has 82 valence electrons. The molecule has 0 amide bonds. The molecule has 0 radical (unpaired) electrons. The molecule has 0 spiro atoms. The van der Waals surface area contributed by atoms with Crippen LogP contribution in [0.1, 0.15) is 11.1 Å². The average Bonchev–Trinajstić information content (AvgIpc) is 2.62. The molecule has 1 aliphatic rings. The number of hydrogen-bond acceptors (Lipinski definition) is 2. The Morgan fingerprint density at radius 3 is 2.47 bits per heavy atom. The third-order valence-electron chi connectivity index (χ3n) is 2.80. The quantitative estimate of drug-likeness (QED) is 0.781. The molecular weight excluding hydrogens is 208 g/mol. The first-order chi connectivity index (χ1) is 8.45. The van der Waals surface area contributed by atoms with Crippen molar-refractivity contribution >= 4 is 17.5 Å². The summed E-state index contributed by atoms with van der Waals surface area (Å²) in [4.78, 5) is 0. The maximum Gasteiger partial charge on any atom is 0.0640 e. The van der Waals surface area contributed by atoms with Gasteiger partial charge in [0.25, 0.3) is 0 Å². The lowest BCUT2D eigenvalue weighted by Gasteiger charge is -2.10. The molecule has 0 atom stereocenters. The molecule has 0 fully saturated rings. The van der Waals surface area contributed by atoms with Crippen molar-refractivity contribution in [1.29, 1.82) is 0 Å². The lowest BCUT2D eigenvalue weighted by Crippen LogP contribution is -1.92. The van der Waals surface area contributed by atoms with Crippen LogP contribution in [-0.4, -0.2) is 6.21 Å². The van der Waals surface area contributed by atoms with E-state index in [9.17, 15) is 0 Å². The third kappa shape index (κ3) is 1.85. The first kappa shape index (κ1) is 9.85. The molecule has 2 heteroatoms. The van der Waals surface area contributed by atoms with Crippen LogP contribution in [0, 0.1) is 0 Å². The summed E-state index contributed by atoms with van der Waals surface area (Å²) >= 11 is 0. The van der Waals surface area contributed by atoms with E-state index in [2.05, 4.69) is 28.7 Å². The first-order valence-corrected chi connectivity index (χ1v) is 5.59. The summed E-state index contributed by atoms with van der Waals surface area (Å²) in [5.41, 5.74) is 7.65. The van der Waals surface area contributed by atoms with Crippen molar-refractivity contribution in [1.82, 2.24) is 0 Å². The molecule has 0 saturated carbocycles. The number of allylic oxidation sites excluding steroid dienone is 1. The van der Waals surface area contributed by atoms with Crippen LogP contribution in [0.4, 0.5) is 5.69 Å². The highest BCUT2D eigenvalue weighted by Gasteiger charge is 2.10. The zero-order chi connectivity index (χ0) is 11.5. The Bertz CT molecular complexity index is 583. The average molecular weight is 220 g/mol. The fourth-order valence-corrected chi connectivity index (χ4v) is 1.99. The van der Waals surface area contributed by atoms with E-state index in [1.807, 2.05) is 42.5 Å². The lowest BCUT2D eigenvalue weighted by molar-refractivity contribution is 1.35. The van der Waals surface area contributed by atoms with Gasteiger partial charge in [0.15, 0.2) is 0 Å². The van der Waals surface area contributed by atoms with Gasteiger partial charge in [-0.25, -0.2) is 0 Å². The fourth-order valence-electron chi connectivity index (χ4n) is 1.99. The van der Waals surface area contributed by atoms with Gasteiger partial charge in [0.1, 0.15) is 0 Å². The van der Waals surface area contributed by atoms with Crippen LogP contribution in [0.15, 0.2) is 65.8 Å². The highest BCUT2D eigenvalue weighted by atomic mass is 15.3. The molecule has 3 rings (SSSR count). The second-order valence-corrected chi connectivity index (χ2v) is 3.88. The van der Waals surface area contributed by atoms with E-state index in [1.54, 1.807) is 6.21 Å². The highest BCUT2D eigenvalue weighted by Crippen LogP contribution is 2.30. The van der Waals surface area contributed by atoms with Gasteiger partial charge in [0.05, 0.1) is 5.69 Å². The Balaban J connectivity index is 2.18. The second kappa shape index (κ2) is 4.26. The van der Waals surface area contributed by atoms with Crippen LogP contribution in [0.3, 0.4) is 0 Å².